The van der Waals surface area contributed by atoms with Crippen molar-refractivity contribution in [3.05, 3.63) is 0 Å². The van der Waals surface area contributed by atoms with Crippen LogP contribution in [-0.4, -0.2) is 228 Å². The molecule has 662 valence electrons. The molecule has 1 fully saturated rings. The molecule has 0 radical (unpaired) electrons. The lowest BCUT2D eigenvalue weighted by molar-refractivity contribution is -0.143. The number of hydrogen-bond acceptors (Lipinski definition) is 20. The molecule has 0 aromatic rings. The van der Waals surface area contributed by atoms with Crippen molar-refractivity contribution in [2.75, 3.05) is 39.3 Å². The van der Waals surface area contributed by atoms with E-state index >= 15 is 0 Å². The van der Waals surface area contributed by atoms with Crippen LogP contribution in [0.1, 0.15) is 224 Å². The molecule has 0 spiro atoms. The van der Waals surface area contributed by atoms with Crippen molar-refractivity contribution in [1.29, 1.82) is 0 Å². The van der Waals surface area contributed by atoms with E-state index in [2.05, 4.69) is 73.5 Å². The number of primary amides is 1. The first-order valence-corrected chi connectivity index (χ1v) is 40.9. The zero-order valence-electron chi connectivity index (χ0n) is 70.5. The van der Waals surface area contributed by atoms with Crippen molar-refractivity contribution in [3.8, 4) is 0 Å². The molecular weight excluding hydrogens is 1500 g/mol. The van der Waals surface area contributed by atoms with Crippen LogP contribution in [0.5, 0.6) is 0 Å². The Labute approximate surface area is 683 Å². The van der Waals surface area contributed by atoms with Gasteiger partial charge in [-0.05, 0) is 183 Å². The van der Waals surface area contributed by atoms with Crippen LogP contribution in [0.3, 0.4) is 0 Å². The fourth-order valence-electron chi connectivity index (χ4n) is 13.0. The molecule has 32 N–H and O–H groups in total. The standard InChI is InChI=1S/C76H143N25O15/c1-41(2)35-53(95-61(103)47(79)21-17-31-87-74(81)82)68(110)98-55(37-43(5)6)66(108)93-51(24-18-32-88-75(83)84)72(114)101-34-20-26-59(101)71(113)100-58(40-46(11)12)70(112)97-54(36-42(3)4)65(107)91-48(22-13-15-29-77)62(104)92-50(27-28-60(80)102)64(106)90-49(23-14-16-30-78)63(105)96-57(39-45(9)10)69(111)99-56(38-44(7)8)67(109)94-52(73(115)116)25-19-33-89-76(85)86/h41-59H,13-40,77-79H2,1-12H3,(H2,80,102)(H,90,106)(H,91,107)(H,92,104)(H,93,108)(H,94,109)(H,95,103)(H,96,105)(H,97,112)(H,98,110)(H,99,111)(H,100,113)(H,115,116)(H4,81,82,87)(H4,83,84,88)(H4,85,86,89)/t47-,48-,49-,50-,51-,52-,53-,54-,55-,56-,57-,58-,59-/m0/s1. The lowest BCUT2D eigenvalue weighted by Crippen LogP contribution is -2.61. The van der Waals surface area contributed by atoms with Crippen LogP contribution >= 0.6 is 0 Å². The molecule has 1 rings (SSSR count). The number of rotatable bonds is 59. The van der Waals surface area contributed by atoms with Crippen LogP contribution in [0, 0.1) is 35.5 Å². The maximum absolute atomic E-state index is 15.0. The van der Waals surface area contributed by atoms with Crippen LogP contribution < -0.4 is 116 Å². The van der Waals surface area contributed by atoms with Gasteiger partial charge in [-0.1, -0.05) is 83.1 Å². The molecule has 0 bridgehead atoms. The number of nitrogens with one attached hydrogen (secondary N) is 11. The molecule has 116 heavy (non-hydrogen) atoms. The molecule has 0 aromatic carbocycles. The third kappa shape index (κ3) is 43.3. The van der Waals surface area contributed by atoms with Gasteiger partial charge in [0.25, 0.3) is 0 Å². The van der Waals surface area contributed by atoms with Gasteiger partial charge in [-0.25, -0.2) is 4.79 Å². The summed E-state index contributed by atoms with van der Waals surface area (Å²) in [7, 11) is 0. The zero-order chi connectivity index (χ0) is 88.1. The maximum Gasteiger partial charge on any atom is 0.326 e. The Morgan fingerprint density at radius 1 is 0.345 bits per heavy atom. The van der Waals surface area contributed by atoms with Crippen molar-refractivity contribution in [2.45, 2.75) is 303 Å². The van der Waals surface area contributed by atoms with Gasteiger partial charge in [0.15, 0.2) is 17.9 Å². The first-order chi connectivity index (χ1) is 54.4. The highest BCUT2D eigenvalue weighted by molar-refractivity contribution is 6.00. The largest absolute Gasteiger partial charge is 0.480 e. The third-order valence-corrected chi connectivity index (χ3v) is 18.8. The summed E-state index contributed by atoms with van der Waals surface area (Å²) >= 11 is 0. The molecule has 40 heteroatoms. The van der Waals surface area contributed by atoms with Gasteiger partial charge in [-0.15, -0.1) is 0 Å². The second kappa shape index (κ2) is 55.8. The first-order valence-electron chi connectivity index (χ1n) is 40.9. The van der Waals surface area contributed by atoms with Gasteiger partial charge < -0.3 is 126 Å². The number of amides is 13. The zero-order valence-corrected chi connectivity index (χ0v) is 70.5. The number of aliphatic carboxylic acids is 1. The van der Waals surface area contributed by atoms with Crippen LogP contribution in [-0.2, 0) is 67.1 Å². The molecule has 1 saturated heterocycles. The minimum absolute atomic E-state index is 0.00899. The fraction of sp³-hybridized carbons (Fsp3) is 0.776. The third-order valence-electron chi connectivity index (χ3n) is 18.8. The van der Waals surface area contributed by atoms with E-state index < -0.39 is 174 Å². The number of carboxylic acids is 1. The normalized spacial score (nSPS) is 15.8. The number of carbonyl (C=O) groups is 14. The lowest BCUT2D eigenvalue weighted by atomic mass is 9.98. The summed E-state index contributed by atoms with van der Waals surface area (Å²) in [4.78, 5) is 211. The van der Waals surface area contributed by atoms with E-state index in [1.807, 2.05) is 27.7 Å². The summed E-state index contributed by atoms with van der Waals surface area (Å²) in [5, 5.41) is 39.9. The lowest BCUT2D eigenvalue weighted by Gasteiger charge is -2.32. The van der Waals surface area contributed by atoms with Gasteiger partial charge >= 0.3 is 5.97 Å². The second-order valence-electron chi connectivity index (χ2n) is 32.5. The van der Waals surface area contributed by atoms with Crippen LogP contribution in [0.2, 0.25) is 0 Å². The van der Waals surface area contributed by atoms with Gasteiger partial charge in [0.2, 0.25) is 76.8 Å². The molecule has 1 heterocycles. The highest BCUT2D eigenvalue weighted by Crippen LogP contribution is 2.23. The predicted molar refractivity (Wildman–Crippen MR) is 442 cm³/mol. The van der Waals surface area contributed by atoms with Gasteiger partial charge in [0.1, 0.15) is 72.5 Å². The highest BCUT2D eigenvalue weighted by atomic mass is 16.4. The molecule has 13 amide bonds. The van der Waals surface area contributed by atoms with E-state index in [1.54, 1.807) is 55.4 Å². The maximum atomic E-state index is 15.0. The molecule has 0 saturated carbocycles. The molecule has 1 aliphatic rings. The molecule has 0 aromatic heterocycles. The summed E-state index contributed by atoms with van der Waals surface area (Å²) in [6, 6.07) is -16.8. The molecule has 1 aliphatic heterocycles. The average molecular weight is 1650 g/mol. The Morgan fingerprint density at radius 3 is 0.922 bits per heavy atom. The van der Waals surface area contributed by atoms with Gasteiger partial charge in [0.05, 0.1) is 6.04 Å². The Bertz CT molecular complexity index is 3230. The van der Waals surface area contributed by atoms with E-state index in [9.17, 15) is 72.2 Å². The van der Waals surface area contributed by atoms with E-state index in [0.29, 0.717) is 25.7 Å². The molecular formula is C76H143N25O15. The van der Waals surface area contributed by atoms with Crippen molar-refractivity contribution in [3.63, 3.8) is 0 Å². The summed E-state index contributed by atoms with van der Waals surface area (Å²) in [6.45, 7) is 22.6. The van der Waals surface area contributed by atoms with E-state index in [0.717, 1.165) is 0 Å². The SMILES string of the molecule is CC(C)C[C@H](NC(=O)[C@H](CC(C)C)NC(=O)[C@H](CCCCN)NC(=O)[C@H](CCC(N)=O)NC(=O)[C@H](CCCCN)NC(=O)[C@H](CC(C)C)NC(=O)[C@H](CC(C)C)NC(=O)[C@@H]1CCCN1C(=O)[C@H](CCCN=C(N)N)NC(=O)[C@H](CC(C)C)NC(=O)[C@H](CC(C)C)NC(=O)[C@@H](N)CCCN=C(N)N)C(=O)N[C@@H](CCCN=C(N)N)C(=O)O. The quantitative estimate of drug-likeness (QED) is 0.0161. The summed E-state index contributed by atoms with van der Waals surface area (Å²) in [6.07, 6.45) is 2.23. The Morgan fingerprint density at radius 2 is 0.612 bits per heavy atom. The Hall–Kier alpha value is -9.73. The van der Waals surface area contributed by atoms with Crippen molar-refractivity contribution < 1.29 is 72.2 Å². The summed E-state index contributed by atoms with van der Waals surface area (Å²) < 4.78 is 0. The number of aliphatic imine (C=N–C) groups is 3. The van der Waals surface area contributed by atoms with E-state index in [1.165, 1.54) is 4.90 Å². The second-order valence-corrected chi connectivity index (χ2v) is 32.5. The minimum Gasteiger partial charge on any atom is -0.480 e. The first kappa shape index (κ1) is 104. The fourth-order valence-corrected chi connectivity index (χ4v) is 13.0. The van der Waals surface area contributed by atoms with E-state index in [-0.39, 0.29) is 195 Å². The number of nitrogens with two attached hydrogens (primary N) is 10. The minimum atomic E-state index is -1.58. The Balaban J connectivity index is 3.73. The highest BCUT2D eigenvalue weighted by Gasteiger charge is 2.42. The van der Waals surface area contributed by atoms with Gasteiger partial charge in [0, 0.05) is 32.6 Å². The summed E-state index contributed by atoms with van der Waals surface area (Å²) in [5.41, 5.74) is 56.4. The number of nitrogens with zero attached hydrogens (tertiary/aromatic N) is 4. The van der Waals surface area contributed by atoms with Gasteiger partial charge in [-0.2, -0.15) is 0 Å². The molecule has 13 atom stereocenters. The number of hydrogen-bond donors (Lipinski definition) is 22. The topological polar surface area (TPSA) is 692 Å². The summed E-state index contributed by atoms with van der Waals surface area (Å²) in [5.74, 6) is -13.2. The van der Waals surface area contributed by atoms with Crippen LogP contribution in [0.15, 0.2) is 15.0 Å². The predicted octanol–water partition coefficient (Wildman–Crippen LogP) is -3.32. The molecule has 0 aliphatic carbocycles. The van der Waals surface area contributed by atoms with Crippen molar-refractivity contribution >= 4 is 101 Å². The van der Waals surface area contributed by atoms with Crippen molar-refractivity contribution in [2.24, 2.45) is 108 Å². The molecule has 0 unspecified atom stereocenters. The number of guanidine groups is 3. The number of carbonyl (C=O) groups excluding carboxylic acids is 13. The average Bonchev–Trinajstić information content (AvgIpc) is 1.56. The monoisotopic (exact) mass is 1650 g/mol. The smallest absolute Gasteiger partial charge is 0.326 e. The van der Waals surface area contributed by atoms with Gasteiger partial charge in [-0.3, -0.25) is 77.3 Å². The molecule has 40 nitrogen and oxygen atoms in total. The van der Waals surface area contributed by atoms with E-state index in [4.69, 9.17) is 57.3 Å². The van der Waals surface area contributed by atoms with Crippen molar-refractivity contribution in [1.82, 2.24) is 63.4 Å². The number of likely N-dealkylation sites (tertiary alicyclic amines) is 1. The van der Waals surface area contributed by atoms with Crippen LogP contribution in [0.4, 0.5) is 0 Å². The number of unbranched alkanes of at least 4 members (excludes halogenated alkanes) is 2. The number of carboxylic acid groups (broad SMARTS) is 1. The Kier molecular flexibility index (Phi) is 50.1. The van der Waals surface area contributed by atoms with Crippen LogP contribution in [0.25, 0.3) is 0 Å².